The maximum absolute atomic E-state index is 12.2. The third-order valence-corrected chi connectivity index (χ3v) is 4.13. The zero-order chi connectivity index (χ0) is 15.2. The highest BCUT2D eigenvalue weighted by atomic mass is 32.2. The molecule has 0 saturated carbocycles. The Bertz CT molecular complexity index is 521. The van der Waals surface area contributed by atoms with E-state index >= 15 is 0 Å². The maximum atomic E-state index is 12.2. The number of hydrogen-bond donors (Lipinski definition) is 2. The van der Waals surface area contributed by atoms with Crippen molar-refractivity contribution in [3.63, 3.8) is 0 Å². The van der Waals surface area contributed by atoms with Gasteiger partial charge in [0.05, 0.1) is 12.6 Å². The molecule has 1 atom stereocenters. The lowest BCUT2D eigenvalue weighted by Gasteiger charge is -2.19. The molecular weight excluding hydrogens is 288 g/mol. The number of carbonyl (C=O) groups is 2. The molecule has 0 saturated heterocycles. The fraction of sp³-hybridized carbons (Fsp3) is 0.467. The normalized spacial score (nSPS) is 15.0. The van der Waals surface area contributed by atoms with E-state index in [4.69, 9.17) is 0 Å². The van der Waals surface area contributed by atoms with Crippen LogP contribution in [0.3, 0.4) is 0 Å². The first-order valence-corrected chi connectivity index (χ1v) is 8.31. The Kier molecular flexibility index (Phi) is 5.64. The monoisotopic (exact) mass is 308 g/mol. The Morgan fingerprint density at radius 3 is 2.90 bits per heavy atom. The number of amides is 2. The first kappa shape index (κ1) is 15.9. The van der Waals surface area contributed by atoms with Gasteiger partial charge in [-0.05, 0) is 30.1 Å². The summed E-state index contributed by atoms with van der Waals surface area (Å²) >= 11 is 1.67. The van der Waals surface area contributed by atoms with E-state index in [1.807, 2.05) is 24.5 Å². The molecule has 1 aliphatic heterocycles. The standard InChI is InChI=1S/C15H20N2O3S/c1-21-7-6-12(10-18)16-14(19)9-17-8-11-4-2-3-5-13(11)15(17)20/h2-5,12,18H,6-10H2,1H3,(H,16,19). The molecule has 1 aliphatic rings. The average molecular weight is 308 g/mol. The van der Waals surface area contributed by atoms with E-state index in [9.17, 15) is 14.7 Å². The zero-order valence-electron chi connectivity index (χ0n) is 12.0. The second-order valence-electron chi connectivity index (χ2n) is 5.05. The third kappa shape index (κ3) is 3.98. The van der Waals surface area contributed by atoms with Crippen LogP contribution in [0.25, 0.3) is 0 Å². The summed E-state index contributed by atoms with van der Waals surface area (Å²) in [5.41, 5.74) is 1.63. The molecule has 2 amide bonds. The van der Waals surface area contributed by atoms with E-state index in [1.165, 1.54) is 4.90 Å². The summed E-state index contributed by atoms with van der Waals surface area (Å²) in [5.74, 6) is 0.543. The molecule has 0 bridgehead atoms. The summed E-state index contributed by atoms with van der Waals surface area (Å²) < 4.78 is 0. The van der Waals surface area contributed by atoms with Crippen LogP contribution in [0.5, 0.6) is 0 Å². The SMILES string of the molecule is CSCCC(CO)NC(=O)CN1Cc2ccccc2C1=O. The highest BCUT2D eigenvalue weighted by molar-refractivity contribution is 7.98. The van der Waals surface area contributed by atoms with E-state index in [0.717, 1.165) is 17.7 Å². The molecule has 2 N–H and O–H groups in total. The van der Waals surface area contributed by atoms with Gasteiger partial charge < -0.3 is 15.3 Å². The van der Waals surface area contributed by atoms with Crippen LogP contribution in [0.2, 0.25) is 0 Å². The first-order chi connectivity index (χ1) is 10.2. The molecule has 6 heteroatoms. The highest BCUT2D eigenvalue weighted by Crippen LogP contribution is 2.21. The highest BCUT2D eigenvalue weighted by Gasteiger charge is 2.28. The summed E-state index contributed by atoms with van der Waals surface area (Å²) in [6.07, 6.45) is 2.70. The van der Waals surface area contributed by atoms with Gasteiger partial charge in [0.1, 0.15) is 6.54 Å². The summed E-state index contributed by atoms with van der Waals surface area (Å²) in [5, 5.41) is 12.0. The summed E-state index contributed by atoms with van der Waals surface area (Å²) in [6, 6.07) is 7.15. The van der Waals surface area contributed by atoms with Crippen LogP contribution in [0.1, 0.15) is 22.3 Å². The van der Waals surface area contributed by atoms with Crippen molar-refractivity contribution in [1.29, 1.82) is 0 Å². The Hall–Kier alpha value is -1.53. The topological polar surface area (TPSA) is 69.6 Å². The second-order valence-corrected chi connectivity index (χ2v) is 6.03. The Labute approximate surface area is 128 Å². The number of fused-ring (bicyclic) bond motifs is 1. The van der Waals surface area contributed by atoms with Gasteiger partial charge in [0.15, 0.2) is 0 Å². The maximum Gasteiger partial charge on any atom is 0.254 e. The summed E-state index contributed by atoms with van der Waals surface area (Å²) in [4.78, 5) is 25.7. The Morgan fingerprint density at radius 2 is 2.24 bits per heavy atom. The van der Waals surface area contributed by atoms with E-state index < -0.39 is 0 Å². The molecule has 0 spiro atoms. The largest absolute Gasteiger partial charge is 0.394 e. The van der Waals surface area contributed by atoms with Gasteiger partial charge >= 0.3 is 0 Å². The van der Waals surface area contributed by atoms with Crippen molar-refractivity contribution >= 4 is 23.6 Å². The van der Waals surface area contributed by atoms with Gasteiger partial charge in [0.25, 0.3) is 5.91 Å². The number of aliphatic hydroxyl groups excluding tert-OH is 1. The number of nitrogens with zero attached hydrogens (tertiary/aromatic N) is 1. The van der Waals surface area contributed by atoms with E-state index in [-0.39, 0.29) is 31.0 Å². The van der Waals surface area contributed by atoms with Gasteiger partial charge in [0, 0.05) is 12.1 Å². The number of aliphatic hydroxyl groups is 1. The van der Waals surface area contributed by atoms with Crippen LogP contribution < -0.4 is 5.32 Å². The molecule has 1 aromatic carbocycles. The molecule has 1 unspecified atom stereocenters. The van der Waals surface area contributed by atoms with Crippen molar-refractivity contribution in [2.75, 3.05) is 25.2 Å². The number of nitrogens with one attached hydrogen (secondary N) is 1. The van der Waals surface area contributed by atoms with Crippen LogP contribution in [0.15, 0.2) is 24.3 Å². The van der Waals surface area contributed by atoms with Crippen LogP contribution >= 0.6 is 11.8 Å². The van der Waals surface area contributed by atoms with Gasteiger partial charge in [-0.1, -0.05) is 18.2 Å². The minimum Gasteiger partial charge on any atom is -0.394 e. The third-order valence-electron chi connectivity index (χ3n) is 3.49. The number of benzene rings is 1. The molecule has 0 fully saturated rings. The first-order valence-electron chi connectivity index (χ1n) is 6.92. The molecule has 21 heavy (non-hydrogen) atoms. The smallest absolute Gasteiger partial charge is 0.254 e. The van der Waals surface area contributed by atoms with Crippen molar-refractivity contribution in [2.45, 2.75) is 19.0 Å². The van der Waals surface area contributed by atoms with Crippen LogP contribution in [0.4, 0.5) is 0 Å². The Morgan fingerprint density at radius 1 is 1.48 bits per heavy atom. The number of thioether (sulfide) groups is 1. The minimum absolute atomic E-state index is 0.0310. The molecule has 5 nitrogen and oxygen atoms in total. The molecule has 2 rings (SSSR count). The summed E-state index contributed by atoms with van der Waals surface area (Å²) in [7, 11) is 0. The molecular formula is C15H20N2O3S. The van der Waals surface area contributed by atoms with Crippen molar-refractivity contribution in [3.8, 4) is 0 Å². The van der Waals surface area contributed by atoms with Crippen LogP contribution in [0, 0.1) is 0 Å². The number of carbonyl (C=O) groups excluding carboxylic acids is 2. The van der Waals surface area contributed by atoms with Gasteiger partial charge in [0.2, 0.25) is 5.91 Å². The minimum atomic E-state index is -0.245. The molecule has 1 heterocycles. The van der Waals surface area contributed by atoms with E-state index in [0.29, 0.717) is 12.1 Å². The predicted molar refractivity (Wildman–Crippen MR) is 83.2 cm³/mol. The van der Waals surface area contributed by atoms with Gasteiger partial charge in [-0.25, -0.2) is 0 Å². The van der Waals surface area contributed by atoms with E-state index in [2.05, 4.69) is 5.32 Å². The van der Waals surface area contributed by atoms with Crippen molar-refractivity contribution < 1.29 is 14.7 Å². The lowest BCUT2D eigenvalue weighted by atomic mass is 10.1. The quantitative estimate of drug-likeness (QED) is 0.784. The molecule has 114 valence electrons. The lowest BCUT2D eigenvalue weighted by Crippen LogP contribution is -2.44. The molecule has 0 aliphatic carbocycles. The van der Waals surface area contributed by atoms with Crippen molar-refractivity contribution in [1.82, 2.24) is 10.2 Å². The van der Waals surface area contributed by atoms with E-state index in [1.54, 1.807) is 17.8 Å². The fourth-order valence-corrected chi connectivity index (χ4v) is 2.88. The second kappa shape index (κ2) is 7.47. The van der Waals surface area contributed by atoms with Crippen LogP contribution in [-0.2, 0) is 11.3 Å². The molecule has 0 radical (unpaired) electrons. The lowest BCUT2D eigenvalue weighted by molar-refractivity contribution is -0.122. The zero-order valence-corrected chi connectivity index (χ0v) is 12.9. The van der Waals surface area contributed by atoms with Gasteiger partial charge in [-0.2, -0.15) is 11.8 Å². The fourth-order valence-electron chi connectivity index (χ4n) is 2.36. The Balaban J connectivity index is 1.88. The summed E-state index contributed by atoms with van der Waals surface area (Å²) in [6.45, 7) is 0.417. The average Bonchev–Trinajstić information content (AvgIpc) is 2.80. The number of hydrogen-bond acceptors (Lipinski definition) is 4. The van der Waals surface area contributed by atoms with Crippen molar-refractivity contribution in [3.05, 3.63) is 35.4 Å². The molecule has 1 aromatic rings. The van der Waals surface area contributed by atoms with Gasteiger partial charge in [-0.15, -0.1) is 0 Å². The van der Waals surface area contributed by atoms with Crippen molar-refractivity contribution in [2.24, 2.45) is 0 Å². The van der Waals surface area contributed by atoms with Gasteiger partial charge in [-0.3, -0.25) is 9.59 Å². The van der Waals surface area contributed by atoms with Crippen LogP contribution in [-0.4, -0.2) is 53.0 Å². The number of rotatable bonds is 7. The predicted octanol–water partition coefficient (Wildman–Crippen LogP) is 0.873. The molecule has 0 aromatic heterocycles.